The van der Waals surface area contributed by atoms with Gasteiger partial charge in [0.1, 0.15) is 0 Å². The third-order valence-electron chi connectivity index (χ3n) is 4.41. The van der Waals surface area contributed by atoms with E-state index < -0.39 is 18.2 Å². The zero-order valence-corrected chi connectivity index (χ0v) is 13.6. The highest BCUT2D eigenvalue weighted by molar-refractivity contribution is 4.97. The summed E-state index contributed by atoms with van der Waals surface area (Å²) in [6.45, 7) is 7.44. The van der Waals surface area contributed by atoms with Crippen molar-refractivity contribution in [2.75, 3.05) is 13.2 Å². The molecule has 126 valence electrons. The van der Waals surface area contributed by atoms with E-state index in [4.69, 9.17) is 4.74 Å². The number of hydrogen-bond donors (Lipinski definition) is 1. The standard InChI is InChI=1S/C16H30F3NO/c1-4-11-20-14(8-10-16(17,18)19)15(21-5-2)9-6-7-13(3)12-15/h13-14,20H,4-12H2,1-3H3. The summed E-state index contributed by atoms with van der Waals surface area (Å²) in [5, 5.41) is 3.33. The molecular formula is C16H30F3NO. The van der Waals surface area contributed by atoms with Crippen LogP contribution in [0, 0.1) is 5.92 Å². The van der Waals surface area contributed by atoms with Crippen molar-refractivity contribution in [1.29, 1.82) is 0 Å². The highest BCUT2D eigenvalue weighted by Gasteiger charge is 2.43. The first kappa shape index (κ1) is 18.8. The minimum absolute atomic E-state index is 0.107. The Morgan fingerprint density at radius 3 is 2.57 bits per heavy atom. The molecule has 0 spiro atoms. The predicted molar refractivity (Wildman–Crippen MR) is 79.4 cm³/mol. The summed E-state index contributed by atoms with van der Waals surface area (Å²) in [6, 6.07) is -0.207. The summed E-state index contributed by atoms with van der Waals surface area (Å²) < 4.78 is 43.9. The molecule has 0 aromatic carbocycles. The van der Waals surface area contributed by atoms with Crippen LogP contribution in [0.5, 0.6) is 0 Å². The first-order valence-electron chi connectivity index (χ1n) is 8.27. The SMILES string of the molecule is CCCNC(CCC(F)(F)F)C1(OCC)CCCC(C)C1. The van der Waals surface area contributed by atoms with Crippen LogP contribution in [0.2, 0.25) is 0 Å². The van der Waals surface area contributed by atoms with E-state index in [1.165, 1.54) is 0 Å². The van der Waals surface area contributed by atoms with E-state index >= 15 is 0 Å². The maximum absolute atomic E-state index is 12.6. The van der Waals surface area contributed by atoms with Gasteiger partial charge in [0.05, 0.1) is 5.60 Å². The van der Waals surface area contributed by atoms with E-state index in [1.807, 2.05) is 13.8 Å². The Bertz CT molecular complexity index is 292. The average molecular weight is 309 g/mol. The summed E-state index contributed by atoms with van der Waals surface area (Å²) in [5.74, 6) is 0.516. The molecule has 1 aliphatic carbocycles. The molecule has 0 amide bonds. The summed E-state index contributed by atoms with van der Waals surface area (Å²) in [6.07, 6.45) is 0.102. The fourth-order valence-electron chi connectivity index (χ4n) is 3.56. The Balaban J connectivity index is 2.82. The van der Waals surface area contributed by atoms with Crippen molar-refractivity contribution in [3.63, 3.8) is 0 Å². The first-order valence-corrected chi connectivity index (χ1v) is 8.27. The molecule has 0 aromatic heterocycles. The largest absolute Gasteiger partial charge is 0.389 e. The van der Waals surface area contributed by atoms with Crippen LogP contribution in [0.25, 0.3) is 0 Å². The van der Waals surface area contributed by atoms with Crippen LogP contribution in [0.15, 0.2) is 0 Å². The second-order valence-electron chi connectivity index (χ2n) is 6.36. The zero-order chi connectivity index (χ0) is 15.9. The van der Waals surface area contributed by atoms with Crippen LogP contribution in [-0.4, -0.2) is 31.0 Å². The van der Waals surface area contributed by atoms with E-state index in [1.54, 1.807) is 0 Å². The second-order valence-corrected chi connectivity index (χ2v) is 6.36. The third kappa shape index (κ3) is 6.15. The Morgan fingerprint density at radius 1 is 1.33 bits per heavy atom. The molecule has 2 nitrogen and oxygen atoms in total. The van der Waals surface area contributed by atoms with Crippen LogP contribution in [-0.2, 0) is 4.74 Å². The molecule has 0 heterocycles. The minimum atomic E-state index is -4.10. The molecule has 1 aliphatic rings. The molecule has 0 aliphatic heterocycles. The van der Waals surface area contributed by atoms with E-state index in [-0.39, 0.29) is 12.5 Å². The normalized spacial score (nSPS) is 28.6. The van der Waals surface area contributed by atoms with E-state index in [0.717, 1.165) is 38.6 Å². The summed E-state index contributed by atoms with van der Waals surface area (Å²) in [4.78, 5) is 0. The highest BCUT2D eigenvalue weighted by Crippen LogP contribution is 2.40. The van der Waals surface area contributed by atoms with Gasteiger partial charge in [-0.1, -0.05) is 26.7 Å². The number of rotatable bonds is 8. The Labute approximate surface area is 126 Å². The van der Waals surface area contributed by atoms with Gasteiger partial charge in [-0.3, -0.25) is 0 Å². The van der Waals surface area contributed by atoms with Crippen molar-refractivity contribution in [1.82, 2.24) is 5.32 Å². The van der Waals surface area contributed by atoms with E-state index in [9.17, 15) is 13.2 Å². The van der Waals surface area contributed by atoms with Gasteiger partial charge in [-0.05, 0) is 45.1 Å². The van der Waals surface area contributed by atoms with Crippen molar-refractivity contribution in [3.8, 4) is 0 Å². The van der Waals surface area contributed by atoms with Gasteiger partial charge in [-0.15, -0.1) is 0 Å². The van der Waals surface area contributed by atoms with Gasteiger partial charge in [-0.25, -0.2) is 0 Å². The molecule has 1 rings (SSSR count). The first-order chi connectivity index (χ1) is 9.83. The number of halogens is 3. The van der Waals surface area contributed by atoms with Crippen molar-refractivity contribution < 1.29 is 17.9 Å². The van der Waals surface area contributed by atoms with Crippen LogP contribution >= 0.6 is 0 Å². The number of ether oxygens (including phenoxy) is 1. The monoisotopic (exact) mass is 309 g/mol. The number of nitrogens with one attached hydrogen (secondary N) is 1. The molecule has 1 fully saturated rings. The quantitative estimate of drug-likeness (QED) is 0.703. The Hall–Kier alpha value is -0.290. The lowest BCUT2D eigenvalue weighted by Crippen LogP contribution is -2.55. The van der Waals surface area contributed by atoms with Crippen molar-refractivity contribution in [3.05, 3.63) is 0 Å². The van der Waals surface area contributed by atoms with Gasteiger partial charge in [0.25, 0.3) is 0 Å². The fraction of sp³-hybridized carbons (Fsp3) is 1.00. The Kier molecular flexibility index (Phi) is 7.48. The van der Waals surface area contributed by atoms with Gasteiger partial charge in [0, 0.05) is 19.1 Å². The van der Waals surface area contributed by atoms with Crippen LogP contribution < -0.4 is 5.32 Å². The third-order valence-corrected chi connectivity index (χ3v) is 4.41. The lowest BCUT2D eigenvalue weighted by atomic mass is 9.73. The molecule has 0 saturated heterocycles. The molecule has 0 bridgehead atoms. The van der Waals surface area contributed by atoms with E-state index in [2.05, 4.69) is 12.2 Å². The maximum atomic E-state index is 12.6. The summed E-state index contributed by atoms with van der Waals surface area (Å²) in [5.41, 5.74) is -0.424. The summed E-state index contributed by atoms with van der Waals surface area (Å²) in [7, 11) is 0. The molecule has 3 unspecified atom stereocenters. The van der Waals surface area contributed by atoms with Gasteiger partial charge < -0.3 is 10.1 Å². The smallest absolute Gasteiger partial charge is 0.374 e. The second kappa shape index (κ2) is 8.37. The van der Waals surface area contributed by atoms with Crippen LogP contribution in [0.1, 0.15) is 65.7 Å². The lowest BCUT2D eigenvalue weighted by molar-refractivity contribution is -0.147. The van der Waals surface area contributed by atoms with E-state index in [0.29, 0.717) is 12.5 Å². The number of alkyl halides is 3. The van der Waals surface area contributed by atoms with Crippen molar-refractivity contribution >= 4 is 0 Å². The molecule has 21 heavy (non-hydrogen) atoms. The molecule has 0 radical (unpaired) electrons. The molecule has 1 N–H and O–H groups in total. The number of hydrogen-bond acceptors (Lipinski definition) is 2. The zero-order valence-electron chi connectivity index (χ0n) is 13.6. The van der Waals surface area contributed by atoms with Gasteiger partial charge >= 0.3 is 6.18 Å². The summed E-state index contributed by atoms with van der Waals surface area (Å²) >= 11 is 0. The minimum Gasteiger partial charge on any atom is -0.374 e. The molecular weight excluding hydrogens is 279 g/mol. The molecule has 3 atom stereocenters. The lowest BCUT2D eigenvalue weighted by Gasteiger charge is -2.46. The molecule has 0 aromatic rings. The maximum Gasteiger partial charge on any atom is 0.389 e. The average Bonchev–Trinajstić information content (AvgIpc) is 2.37. The Morgan fingerprint density at radius 2 is 2.05 bits per heavy atom. The van der Waals surface area contributed by atoms with Crippen molar-refractivity contribution in [2.24, 2.45) is 5.92 Å². The topological polar surface area (TPSA) is 21.3 Å². The predicted octanol–water partition coefficient (Wildman–Crippen LogP) is 4.68. The van der Waals surface area contributed by atoms with Gasteiger partial charge in [0.15, 0.2) is 0 Å². The van der Waals surface area contributed by atoms with Gasteiger partial charge in [-0.2, -0.15) is 13.2 Å². The highest BCUT2D eigenvalue weighted by atomic mass is 19.4. The van der Waals surface area contributed by atoms with Crippen LogP contribution in [0.3, 0.4) is 0 Å². The molecule has 5 heteroatoms. The van der Waals surface area contributed by atoms with Gasteiger partial charge in [0.2, 0.25) is 0 Å². The van der Waals surface area contributed by atoms with Crippen LogP contribution in [0.4, 0.5) is 13.2 Å². The molecule has 1 saturated carbocycles. The van der Waals surface area contributed by atoms with Crippen molar-refractivity contribution in [2.45, 2.75) is 83.5 Å². The fourth-order valence-corrected chi connectivity index (χ4v) is 3.56.